The Morgan fingerprint density at radius 1 is 1.00 bits per heavy atom. The highest BCUT2D eigenvalue weighted by molar-refractivity contribution is 5.76. The summed E-state index contributed by atoms with van der Waals surface area (Å²) in [5.41, 5.74) is 1.84. The topological polar surface area (TPSA) is 29.1 Å². The van der Waals surface area contributed by atoms with Gasteiger partial charge in [0.25, 0.3) is 0 Å². The third-order valence-electron chi connectivity index (χ3n) is 1.45. The highest BCUT2D eigenvalue weighted by Crippen LogP contribution is 2.04. The lowest BCUT2D eigenvalue weighted by molar-refractivity contribution is -0.118. The van der Waals surface area contributed by atoms with Crippen LogP contribution in [-0.4, -0.2) is 5.91 Å². The number of carbonyl (C=O) groups is 1. The van der Waals surface area contributed by atoms with Gasteiger partial charge in [-0.2, -0.15) is 0 Å². The minimum Gasteiger partial charge on any atom is -0.326 e. The Morgan fingerprint density at radius 2 is 1.39 bits per heavy atom. The molecule has 0 heterocycles. The van der Waals surface area contributed by atoms with Crippen molar-refractivity contribution in [3.63, 3.8) is 0 Å². The van der Waals surface area contributed by atoms with Crippen molar-refractivity contribution in [2.45, 2.75) is 62.3 Å². The van der Waals surface area contributed by atoms with Crippen molar-refractivity contribution in [1.82, 2.24) is 5.32 Å². The maximum atomic E-state index is 10.7. The average Bonchev–Trinajstić information content (AvgIpc) is 2.43. The van der Waals surface area contributed by atoms with E-state index in [0.29, 0.717) is 0 Å². The fraction of sp³-hybridized carbons (Fsp3) is 0.562. The third kappa shape index (κ3) is 20.1. The fourth-order valence-corrected chi connectivity index (χ4v) is 0.735. The Labute approximate surface area is 115 Å². The first kappa shape index (κ1) is 25.5. The van der Waals surface area contributed by atoms with Gasteiger partial charge in [0, 0.05) is 12.6 Å². The monoisotopic (exact) mass is 255 g/mol. The summed E-state index contributed by atoms with van der Waals surface area (Å²) in [7, 11) is 0. The van der Waals surface area contributed by atoms with Crippen LogP contribution >= 0.6 is 0 Å². The van der Waals surface area contributed by atoms with E-state index in [1.165, 1.54) is 6.92 Å². The minimum absolute atomic E-state index is 0.0655. The zero-order valence-electron chi connectivity index (χ0n) is 13.8. The first-order valence-electron chi connectivity index (χ1n) is 6.85. The number of hydrogen-bond donors (Lipinski definition) is 1. The zero-order chi connectivity index (χ0) is 15.6. The lowest BCUT2D eigenvalue weighted by Gasteiger charge is -2.06. The molecule has 0 spiro atoms. The van der Waals surface area contributed by atoms with E-state index >= 15 is 0 Å². The Morgan fingerprint density at radius 3 is 1.61 bits per heavy atom. The van der Waals surface area contributed by atoms with Crippen LogP contribution in [0.4, 0.5) is 0 Å². The van der Waals surface area contributed by atoms with E-state index in [-0.39, 0.29) is 5.91 Å². The largest absolute Gasteiger partial charge is 0.326 e. The van der Waals surface area contributed by atoms with Crippen molar-refractivity contribution < 1.29 is 4.79 Å². The highest BCUT2D eigenvalue weighted by atomic mass is 16.1. The summed E-state index contributed by atoms with van der Waals surface area (Å²) in [6.07, 6.45) is 5.36. The molecule has 0 rings (SSSR count). The quantitative estimate of drug-likeness (QED) is 0.687. The van der Waals surface area contributed by atoms with Crippen LogP contribution in [0.2, 0.25) is 0 Å². The van der Waals surface area contributed by atoms with E-state index in [9.17, 15) is 4.79 Å². The van der Waals surface area contributed by atoms with Gasteiger partial charge >= 0.3 is 0 Å². The van der Waals surface area contributed by atoms with Gasteiger partial charge in [-0.05, 0) is 25.5 Å². The summed E-state index contributed by atoms with van der Waals surface area (Å²) >= 11 is 0. The molecule has 0 aliphatic rings. The van der Waals surface area contributed by atoms with Gasteiger partial charge in [0.15, 0.2) is 0 Å². The van der Waals surface area contributed by atoms with Gasteiger partial charge in [0.05, 0.1) is 0 Å². The summed E-state index contributed by atoms with van der Waals surface area (Å²) < 4.78 is 0. The van der Waals surface area contributed by atoms with Gasteiger partial charge < -0.3 is 5.32 Å². The molecule has 0 bridgehead atoms. The van der Waals surface area contributed by atoms with Gasteiger partial charge in [-0.3, -0.25) is 4.79 Å². The maximum absolute atomic E-state index is 10.7. The van der Waals surface area contributed by atoms with E-state index in [2.05, 4.69) is 11.9 Å². The van der Waals surface area contributed by atoms with Crippen LogP contribution in [0.5, 0.6) is 0 Å². The van der Waals surface area contributed by atoms with Crippen LogP contribution < -0.4 is 5.32 Å². The summed E-state index contributed by atoms with van der Waals surface area (Å²) in [5.74, 6) is -0.0655. The summed E-state index contributed by atoms with van der Waals surface area (Å²) in [5, 5.41) is 2.71. The van der Waals surface area contributed by atoms with Crippen molar-refractivity contribution >= 4 is 5.91 Å². The van der Waals surface area contributed by atoms with Crippen molar-refractivity contribution in [2.75, 3.05) is 0 Å². The van der Waals surface area contributed by atoms with Gasteiger partial charge in [-0.1, -0.05) is 60.3 Å². The molecule has 0 aromatic heterocycles. The zero-order valence-corrected chi connectivity index (χ0v) is 13.8. The van der Waals surface area contributed by atoms with E-state index in [4.69, 9.17) is 0 Å². The number of amides is 1. The van der Waals surface area contributed by atoms with Crippen molar-refractivity contribution in [2.24, 2.45) is 0 Å². The van der Waals surface area contributed by atoms with Crippen LogP contribution in [0.15, 0.2) is 36.1 Å². The Kier molecular flexibility index (Phi) is 35.1. The molecule has 108 valence electrons. The average molecular weight is 255 g/mol. The lowest BCUT2D eigenvalue weighted by Crippen LogP contribution is -2.19. The third-order valence-corrected chi connectivity index (χ3v) is 1.45. The van der Waals surface area contributed by atoms with E-state index in [1.807, 2.05) is 61.5 Å². The normalized spacial score (nSPS) is 9.39. The summed E-state index contributed by atoms with van der Waals surface area (Å²) in [6, 6.07) is 0. The summed E-state index contributed by atoms with van der Waals surface area (Å²) in [6.45, 7) is 20.9. The molecule has 0 saturated carbocycles. The van der Waals surface area contributed by atoms with Crippen LogP contribution in [0.1, 0.15) is 62.3 Å². The highest BCUT2D eigenvalue weighted by Gasteiger charge is 1.98. The minimum atomic E-state index is -0.0655. The van der Waals surface area contributed by atoms with Crippen LogP contribution in [0.3, 0.4) is 0 Å². The number of carbonyl (C=O) groups excluding carboxylic acids is 1. The van der Waals surface area contributed by atoms with Gasteiger partial charge in [-0.25, -0.2) is 0 Å². The smallest absolute Gasteiger partial charge is 0.221 e. The molecular weight excluding hydrogens is 222 g/mol. The van der Waals surface area contributed by atoms with E-state index in [1.54, 1.807) is 12.2 Å². The maximum Gasteiger partial charge on any atom is 0.221 e. The van der Waals surface area contributed by atoms with Crippen molar-refractivity contribution in [1.29, 1.82) is 0 Å². The van der Waals surface area contributed by atoms with E-state index < -0.39 is 0 Å². The van der Waals surface area contributed by atoms with Crippen LogP contribution in [0.25, 0.3) is 0 Å². The van der Waals surface area contributed by atoms with Gasteiger partial charge in [0.1, 0.15) is 0 Å². The van der Waals surface area contributed by atoms with Crippen LogP contribution in [0, 0.1) is 0 Å². The molecule has 0 aliphatic carbocycles. The molecule has 1 amide bonds. The lowest BCUT2D eigenvalue weighted by atomic mass is 10.2. The van der Waals surface area contributed by atoms with Crippen LogP contribution in [-0.2, 0) is 4.79 Å². The van der Waals surface area contributed by atoms with Crippen molar-refractivity contribution in [3.05, 3.63) is 36.1 Å². The first-order valence-corrected chi connectivity index (χ1v) is 6.85. The molecule has 1 N–H and O–H groups in total. The van der Waals surface area contributed by atoms with E-state index in [0.717, 1.165) is 11.3 Å². The fourth-order valence-electron chi connectivity index (χ4n) is 0.735. The number of allylic oxidation sites excluding steroid dienone is 4. The number of rotatable bonds is 3. The molecule has 0 aliphatic heterocycles. The predicted octanol–water partition coefficient (Wildman–Crippen LogP) is 5.24. The molecular formula is C16H33NO. The molecule has 0 fully saturated rings. The summed E-state index contributed by atoms with van der Waals surface area (Å²) in [4.78, 5) is 10.7. The predicted molar refractivity (Wildman–Crippen MR) is 85.6 cm³/mol. The molecule has 0 aromatic rings. The molecule has 0 radical (unpaired) electrons. The van der Waals surface area contributed by atoms with Crippen molar-refractivity contribution in [3.8, 4) is 0 Å². The first-order chi connectivity index (χ1) is 8.61. The molecule has 0 aromatic carbocycles. The molecule has 2 heteroatoms. The second-order valence-electron chi connectivity index (χ2n) is 2.47. The number of hydrogen-bond acceptors (Lipinski definition) is 1. The Balaban J connectivity index is -0.000000141. The Hall–Kier alpha value is -1.31. The Bertz CT molecular complexity index is 237. The molecule has 0 unspecified atom stereocenters. The van der Waals surface area contributed by atoms with Gasteiger partial charge in [-0.15, -0.1) is 0 Å². The second kappa shape index (κ2) is 24.8. The molecule has 18 heavy (non-hydrogen) atoms. The second-order valence-corrected chi connectivity index (χ2v) is 2.47. The molecule has 0 atom stereocenters. The molecule has 2 nitrogen and oxygen atoms in total. The SMILES string of the molecule is C=C/C=C(NC(C)=O)\C(C)=C/C.CC.CC.CC. The standard InChI is InChI=1S/C10H15NO.3C2H6/c1-5-7-10(8(3)6-2)11-9(4)12;3*1-2/h5-7H,1H2,2-4H3,(H,11,12);3*1-2H3/b8-6-,10-7+;;;. The van der Waals surface area contributed by atoms with Gasteiger partial charge in [0.2, 0.25) is 5.91 Å². The number of nitrogens with one attached hydrogen (secondary N) is 1. The molecule has 0 saturated heterocycles.